The van der Waals surface area contributed by atoms with Gasteiger partial charge in [-0.1, -0.05) is 49.4 Å². The molecule has 0 spiro atoms. The largest absolute Gasteiger partial charge is 0.446 e. The molecule has 2 heterocycles. The lowest BCUT2D eigenvalue weighted by Gasteiger charge is -2.60. The monoisotopic (exact) mass is 613 g/mol. The summed E-state index contributed by atoms with van der Waals surface area (Å²) in [5.74, 6) is -0.247. The highest BCUT2D eigenvalue weighted by Gasteiger charge is 2.70. The van der Waals surface area contributed by atoms with Gasteiger partial charge in [-0.05, 0) is 92.0 Å². The number of ether oxygens (including phenoxy) is 1. The van der Waals surface area contributed by atoms with Crippen LogP contribution in [0.2, 0.25) is 0 Å². The number of esters is 1. The molecular formula is C35H39N3O5S. The van der Waals surface area contributed by atoms with E-state index < -0.39 is 23.1 Å². The lowest BCUT2D eigenvalue weighted by Crippen LogP contribution is -2.63. The highest BCUT2D eigenvalue weighted by Crippen LogP contribution is 2.68. The first kappa shape index (κ1) is 29.4. The number of hydrogen-bond donors (Lipinski definition) is 1. The summed E-state index contributed by atoms with van der Waals surface area (Å²) in [4.78, 5) is 49.5. The number of aryl methyl sites for hydroxylation is 1. The summed E-state index contributed by atoms with van der Waals surface area (Å²) in [6, 6.07) is 12.9. The zero-order chi connectivity index (χ0) is 30.9. The molecule has 4 aliphatic rings. The number of aliphatic hydroxyl groups excluding tert-OH is 1. The number of nitrogens with zero attached hydrogens (tertiary/aromatic N) is 3. The number of pyridine rings is 1. The number of rotatable bonds is 6. The molecule has 3 aromatic rings. The summed E-state index contributed by atoms with van der Waals surface area (Å²) in [6.07, 6.45) is 7.10. The zero-order valence-corrected chi connectivity index (χ0v) is 26.3. The Kier molecular flexibility index (Phi) is 7.12. The molecule has 7 rings (SSSR count). The van der Waals surface area contributed by atoms with Crippen LogP contribution in [-0.2, 0) is 21.4 Å². The third-order valence-electron chi connectivity index (χ3n) is 11.7. The van der Waals surface area contributed by atoms with Crippen LogP contribution in [-0.4, -0.2) is 54.6 Å². The molecule has 0 radical (unpaired) electrons. The van der Waals surface area contributed by atoms with Crippen molar-refractivity contribution in [2.75, 3.05) is 5.75 Å². The molecular weight excluding hydrogens is 574 g/mol. The van der Waals surface area contributed by atoms with Crippen molar-refractivity contribution >= 4 is 40.3 Å². The molecule has 5 unspecified atom stereocenters. The van der Waals surface area contributed by atoms with E-state index in [0.29, 0.717) is 19.3 Å². The van der Waals surface area contributed by atoms with E-state index in [9.17, 15) is 19.5 Å². The Labute approximate surface area is 261 Å². The molecule has 7 atom stereocenters. The third-order valence-corrected chi connectivity index (χ3v) is 12.7. The standard InChI is InChI=1S/C35H39N3O5S/c1-33-15-13-22(39)18-21(33)11-12-23-24-14-16-35(34(24,2)19-28(40)30(23)33,43-31(42)26-9-6-7-17-36-26)29(41)20-44-32-37-25-8-4-5-10-27(25)38(32)3/h4-10,17-18,23-24,28,30,40H,11-16,19-20H2,1-3H3/t23?,24?,28-,30?,33?,34?,35-/m0/s1. The minimum absolute atomic E-state index is 0.000409. The van der Waals surface area contributed by atoms with Gasteiger partial charge in [-0.2, -0.15) is 0 Å². The van der Waals surface area contributed by atoms with Crippen LogP contribution in [0.4, 0.5) is 0 Å². The van der Waals surface area contributed by atoms with Crippen LogP contribution >= 0.6 is 11.8 Å². The first-order valence-electron chi connectivity index (χ1n) is 15.7. The Morgan fingerprint density at radius 1 is 1.09 bits per heavy atom. The van der Waals surface area contributed by atoms with Crippen molar-refractivity contribution in [1.82, 2.24) is 14.5 Å². The molecule has 1 aromatic carbocycles. The van der Waals surface area contributed by atoms with Crippen LogP contribution in [0.25, 0.3) is 11.0 Å². The second kappa shape index (κ2) is 10.7. The fraction of sp³-hybridized carbons (Fsp3) is 0.514. The summed E-state index contributed by atoms with van der Waals surface area (Å²) in [6.45, 7) is 4.28. The van der Waals surface area contributed by atoms with Gasteiger partial charge in [0.05, 0.1) is 22.9 Å². The molecule has 9 heteroatoms. The van der Waals surface area contributed by atoms with Crippen LogP contribution in [0.3, 0.4) is 0 Å². The molecule has 3 saturated carbocycles. The highest BCUT2D eigenvalue weighted by atomic mass is 32.2. The predicted molar refractivity (Wildman–Crippen MR) is 167 cm³/mol. The van der Waals surface area contributed by atoms with Crippen LogP contribution in [0.1, 0.15) is 69.3 Å². The summed E-state index contributed by atoms with van der Waals surface area (Å²) < 4.78 is 8.40. The van der Waals surface area contributed by atoms with Crippen LogP contribution < -0.4 is 0 Å². The number of thioether (sulfide) groups is 1. The molecule has 2 aromatic heterocycles. The maximum absolute atomic E-state index is 14.6. The van der Waals surface area contributed by atoms with Gasteiger partial charge in [-0.15, -0.1) is 0 Å². The predicted octanol–water partition coefficient (Wildman–Crippen LogP) is 5.73. The van der Waals surface area contributed by atoms with E-state index in [-0.39, 0.29) is 46.2 Å². The molecule has 0 aliphatic heterocycles. The first-order valence-corrected chi connectivity index (χ1v) is 16.7. The smallest absolute Gasteiger partial charge is 0.357 e. The topological polar surface area (TPSA) is 111 Å². The number of fused-ring (bicyclic) bond motifs is 6. The van der Waals surface area contributed by atoms with Crippen molar-refractivity contribution in [3.05, 3.63) is 66.0 Å². The van der Waals surface area contributed by atoms with Crippen molar-refractivity contribution in [3.63, 3.8) is 0 Å². The summed E-state index contributed by atoms with van der Waals surface area (Å²) in [5, 5.41) is 12.7. The van der Waals surface area contributed by atoms with Crippen molar-refractivity contribution in [2.45, 2.75) is 75.7 Å². The van der Waals surface area contributed by atoms with E-state index in [1.807, 2.05) is 42.0 Å². The molecule has 1 N–H and O–H groups in total. The van der Waals surface area contributed by atoms with Crippen LogP contribution in [0.5, 0.6) is 0 Å². The van der Waals surface area contributed by atoms with E-state index in [1.54, 1.807) is 24.4 Å². The number of carbonyl (C=O) groups is 3. The highest BCUT2D eigenvalue weighted by molar-refractivity contribution is 7.99. The lowest BCUT2D eigenvalue weighted by molar-refractivity contribution is -0.180. The number of aromatic nitrogens is 3. The molecule has 230 valence electrons. The number of carbonyl (C=O) groups excluding carboxylic acids is 3. The fourth-order valence-electron chi connectivity index (χ4n) is 9.55. The summed E-state index contributed by atoms with van der Waals surface area (Å²) in [7, 11) is 1.94. The number of para-hydroxylation sites is 2. The van der Waals surface area contributed by atoms with E-state index >= 15 is 0 Å². The number of imidazole rings is 1. The number of allylic oxidation sites excluding steroid dienone is 1. The fourth-order valence-corrected chi connectivity index (χ4v) is 10.5. The minimum Gasteiger partial charge on any atom is -0.446 e. The summed E-state index contributed by atoms with van der Waals surface area (Å²) in [5.41, 5.74) is 0.762. The van der Waals surface area contributed by atoms with Gasteiger partial charge in [0.1, 0.15) is 5.69 Å². The van der Waals surface area contributed by atoms with Crippen molar-refractivity contribution in [3.8, 4) is 0 Å². The average Bonchev–Trinajstić information content (AvgIpc) is 3.49. The Morgan fingerprint density at radius 3 is 2.66 bits per heavy atom. The molecule has 8 nitrogen and oxygen atoms in total. The number of Topliss-reactive ketones (excluding diaryl/α,β-unsaturated/α-hetero) is 1. The molecule has 44 heavy (non-hydrogen) atoms. The van der Waals surface area contributed by atoms with E-state index in [0.717, 1.165) is 41.9 Å². The van der Waals surface area contributed by atoms with Gasteiger partial charge in [-0.3, -0.25) is 9.59 Å². The molecule has 4 aliphatic carbocycles. The van der Waals surface area contributed by atoms with Crippen molar-refractivity contribution in [2.24, 2.45) is 35.6 Å². The molecule has 0 bridgehead atoms. The van der Waals surface area contributed by atoms with Crippen molar-refractivity contribution in [1.29, 1.82) is 0 Å². The average molecular weight is 614 g/mol. The van der Waals surface area contributed by atoms with Gasteiger partial charge in [0.15, 0.2) is 22.3 Å². The lowest BCUT2D eigenvalue weighted by atomic mass is 9.45. The van der Waals surface area contributed by atoms with Gasteiger partial charge in [0, 0.05) is 25.1 Å². The van der Waals surface area contributed by atoms with Gasteiger partial charge in [-0.25, -0.2) is 14.8 Å². The normalized spacial score (nSPS) is 34.5. The molecule has 3 fully saturated rings. The second-order valence-corrected chi connectivity index (χ2v) is 14.6. The Bertz CT molecular complexity index is 1690. The Balaban J connectivity index is 1.24. The number of benzene rings is 1. The van der Waals surface area contributed by atoms with E-state index in [1.165, 1.54) is 17.3 Å². The van der Waals surface area contributed by atoms with E-state index in [2.05, 4.69) is 18.8 Å². The number of aliphatic hydroxyl groups is 1. The maximum Gasteiger partial charge on any atom is 0.357 e. The molecule has 0 saturated heterocycles. The third kappa shape index (κ3) is 4.33. The number of ketones is 2. The number of hydrogen-bond acceptors (Lipinski definition) is 8. The van der Waals surface area contributed by atoms with Crippen LogP contribution in [0, 0.1) is 28.6 Å². The molecule has 0 amide bonds. The van der Waals surface area contributed by atoms with Gasteiger partial charge >= 0.3 is 5.97 Å². The zero-order valence-electron chi connectivity index (χ0n) is 25.5. The quantitative estimate of drug-likeness (QED) is 0.277. The Morgan fingerprint density at radius 2 is 1.89 bits per heavy atom. The van der Waals surface area contributed by atoms with Gasteiger partial charge in [0.2, 0.25) is 0 Å². The first-order chi connectivity index (χ1) is 21.1. The Hall–Kier alpha value is -3.30. The summed E-state index contributed by atoms with van der Waals surface area (Å²) >= 11 is 1.36. The van der Waals surface area contributed by atoms with E-state index in [4.69, 9.17) is 9.72 Å². The van der Waals surface area contributed by atoms with Crippen molar-refractivity contribution < 1.29 is 24.2 Å². The van der Waals surface area contributed by atoms with Gasteiger partial charge in [0.25, 0.3) is 0 Å². The SMILES string of the molecule is Cn1c(SCC(=O)[C@@]2(OC(=O)c3ccccn3)CCC3C4CCC5=CC(=O)CCC5(C)C4[C@@H](O)CC32C)nc2ccccc21. The maximum atomic E-state index is 14.6. The second-order valence-electron chi connectivity index (χ2n) is 13.7. The van der Waals surface area contributed by atoms with Gasteiger partial charge < -0.3 is 14.4 Å². The minimum atomic E-state index is -1.41. The van der Waals surface area contributed by atoms with Crippen LogP contribution in [0.15, 0.2) is 65.5 Å².